The SMILES string of the molecule is C[C@@H](Nc1cc(Cl)nc2nc(C(=O)N3CCOCC3)cn12)c1cc(N)cc(C(F)(F)F)c1. The molecule has 3 aromatic rings. The number of halogens is 4. The van der Waals surface area contributed by atoms with Crippen molar-refractivity contribution in [3.8, 4) is 0 Å². The number of imidazole rings is 1. The van der Waals surface area contributed by atoms with Gasteiger partial charge in [-0.2, -0.15) is 13.2 Å². The minimum absolute atomic E-state index is 0.00223. The molecule has 0 saturated carbocycles. The molecule has 1 fully saturated rings. The van der Waals surface area contributed by atoms with Gasteiger partial charge >= 0.3 is 6.18 Å². The monoisotopic (exact) mass is 468 g/mol. The molecule has 12 heteroatoms. The van der Waals surface area contributed by atoms with Crippen molar-refractivity contribution in [2.24, 2.45) is 0 Å². The molecular weight excluding hydrogens is 449 g/mol. The van der Waals surface area contributed by atoms with Gasteiger partial charge in [0, 0.05) is 37.1 Å². The first kappa shape index (κ1) is 22.2. The van der Waals surface area contributed by atoms with Crippen molar-refractivity contribution in [1.29, 1.82) is 0 Å². The number of nitrogens with zero attached hydrogens (tertiary/aromatic N) is 4. The number of hydrogen-bond donors (Lipinski definition) is 2. The van der Waals surface area contributed by atoms with Gasteiger partial charge in [-0.1, -0.05) is 11.6 Å². The number of nitrogens with one attached hydrogen (secondary N) is 1. The van der Waals surface area contributed by atoms with Crippen LogP contribution in [0.25, 0.3) is 5.78 Å². The zero-order valence-corrected chi connectivity index (χ0v) is 17.7. The number of aromatic nitrogens is 3. The van der Waals surface area contributed by atoms with Crippen LogP contribution in [0.4, 0.5) is 24.7 Å². The lowest BCUT2D eigenvalue weighted by Gasteiger charge is -2.25. The second-order valence-corrected chi connectivity index (χ2v) is 7.80. The third kappa shape index (κ3) is 4.58. The largest absolute Gasteiger partial charge is 0.416 e. The van der Waals surface area contributed by atoms with Crippen molar-refractivity contribution in [2.75, 3.05) is 37.4 Å². The molecule has 8 nitrogen and oxygen atoms in total. The van der Waals surface area contributed by atoms with Crippen molar-refractivity contribution < 1.29 is 22.7 Å². The number of amides is 1. The van der Waals surface area contributed by atoms with E-state index < -0.39 is 17.8 Å². The molecule has 32 heavy (non-hydrogen) atoms. The minimum atomic E-state index is -4.52. The first-order valence-corrected chi connectivity index (χ1v) is 10.2. The number of hydrogen-bond acceptors (Lipinski definition) is 6. The normalized spacial score (nSPS) is 15.7. The fourth-order valence-electron chi connectivity index (χ4n) is 3.47. The molecule has 0 unspecified atom stereocenters. The number of morpholine rings is 1. The molecule has 4 rings (SSSR count). The summed E-state index contributed by atoms with van der Waals surface area (Å²) in [6.45, 7) is 3.51. The van der Waals surface area contributed by atoms with Crippen molar-refractivity contribution in [3.63, 3.8) is 0 Å². The lowest BCUT2D eigenvalue weighted by atomic mass is 10.0. The topological polar surface area (TPSA) is 97.8 Å². The van der Waals surface area contributed by atoms with Crippen LogP contribution in [-0.2, 0) is 10.9 Å². The summed E-state index contributed by atoms with van der Waals surface area (Å²) in [6, 6.07) is 4.33. The van der Waals surface area contributed by atoms with Gasteiger partial charge in [-0.05, 0) is 30.7 Å². The number of nitrogens with two attached hydrogens (primary N) is 1. The molecule has 3 heterocycles. The second kappa shape index (κ2) is 8.47. The number of rotatable bonds is 4. The van der Waals surface area contributed by atoms with Crippen LogP contribution >= 0.6 is 11.6 Å². The smallest absolute Gasteiger partial charge is 0.399 e. The summed E-state index contributed by atoms with van der Waals surface area (Å²) in [5, 5.41) is 3.23. The molecule has 0 bridgehead atoms. The molecule has 1 aliphatic heterocycles. The van der Waals surface area contributed by atoms with E-state index in [0.717, 1.165) is 12.1 Å². The Bertz CT molecular complexity index is 1160. The Balaban J connectivity index is 1.65. The zero-order chi connectivity index (χ0) is 23.0. The van der Waals surface area contributed by atoms with Gasteiger partial charge in [-0.3, -0.25) is 9.20 Å². The first-order chi connectivity index (χ1) is 15.1. The average molecular weight is 469 g/mol. The lowest BCUT2D eigenvalue weighted by Crippen LogP contribution is -2.40. The van der Waals surface area contributed by atoms with Crippen LogP contribution in [0.15, 0.2) is 30.5 Å². The Hall–Kier alpha value is -3.05. The van der Waals surface area contributed by atoms with E-state index in [1.807, 2.05) is 0 Å². The molecule has 3 N–H and O–H groups in total. The Morgan fingerprint density at radius 3 is 2.62 bits per heavy atom. The van der Waals surface area contributed by atoms with Crippen molar-refractivity contribution in [3.05, 3.63) is 52.4 Å². The standard InChI is InChI=1S/C20H20ClF3N6O2/c1-11(12-6-13(20(22,23)24)8-14(25)7-12)26-17-9-16(21)28-19-27-15(10-30(17)19)18(31)29-2-4-32-5-3-29/h6-11,26H,2-5,25H2,1H3/t11-/m1/s1. The maximum absolute atomic E-state index is 13.2. The van der Waals surface area contributed by atoms with Crippen LogP contribution in [0.3, 0.4) is 0 Å². The summed E-state index contributed by atoms with van der Waals surface area (Å²) in [5.74, 6) is 0.337. The number of carbonyl (C=O) groups is 1. The molecule has 2 aromatic heterocycles. The maximum Gasteiger partial charge on any atom is 0.416 e. The van der Waals surface area contributed by atoms with Crippen LogP contribution in [0.1, 0.15) is 34.6 Å². The number of nitrogen functional groups attached to an aromatic ring is 1. The summed E-state index contributed by atoms with van der Waals surface area (Å²) >= 11 is 6.12. The molecule has 1 atom stereocenters. The van der Waals surface area contributed by atoms with Crippen LogP contribution < -0.4 is 11.1 Å². The molecule has 1 aliphatic rings. The molecular formula is C20H20ClF3N6O2. The quantitative estimate of drug-likeness (QED) is 0.448. The molecule has 1 amide bonds. The van der Waals surface area contributed by atoms with E-state index in [1.165, 1.54) is 22.7 Å². The van der Waals surface area contributed by atoms with E-state index >= 15 is 0 Å². The fourth-order valence-corrected chi connectivity index (χ4v) is 3.65. The molecule has 0 radical (unpaired) electrons. The van der Waals surface area contributed by atoms with E-state index in [0.29, 0.717) is 37.7 Å². The Morgan fingerprint density at radius 1 is 1.22 bits per heavy atom. The first-order valence-electron chi connectivity index (χ1n) is 9.78. The predicted octanol–water partition coefficient (Wildman–Crippen LogP) is 3.63. The number of ether oxygens (including phenoxy) is 1. The summed E-state index contributed by atoms with van der Waals surface area (Å²) in [4.78, 5) is 22.8. The van der Waals surface area contributed by atoms with E-state index in [-0.39, 0.29) is 28.2 Å². The van der Waals surface area contributed by atoms with E-state index in [4.69, 9.17) is 22.1 Å². The number of alkyl halides is 3. The van der Waals surface area contributed by atoms with Gasteiger partial charge in [0.25, 0.3) is 5.91 Å². The molecule has 1 aromatic carbocycles. The minimum Gasteiger partial charge on any atom is -0.399 e. The maximum atomic E-state index is 13.2. The van der Waals surface area contributed by atoms with Crippen molar-refractivity contribution in [2.45, 2.75) is 19.1 Å². The highest BCUT2D eigenvalue weighted by atomic mass is 35.5. The molecule has 170 valence electrons. The van der Waals surface area contributed by atoms with E-state index in [1.54, 1.807) is 11.8 Å². The van der Waals surface area contributed by atoms with Crippen LogP contribution in [-0.4, -0.2) is 51.5 Å². The highest BCUT2D eigenvalue weighted by Gasteiger charge is 2.31. The van der Waals surface area contributed by atoms with Gasteiger partial charge in [-0.25, -0.2) is 9.97 Å². The van der Waals surface area contributed by atoms with Crippen LogP contribution in [0.5, 0.6) is 0 Å². The van der Waals surface area contributed by atoms with Gasteiger partial charge in [0.15, 0.2) is 0 Å². The number of carbonyl (C=O) groups excluding carboxylic acids is 1. The Labute approximate surface area is 186 Å². The van der Waals surface area contributed by atoms with Gasteiger partial charge in [-0.15, -0.1) is 0 Å². The molecule has 1 saturated heterocycles. The predicted molar refractivity (Wildman–Crippen MR) is 113 cm³/mol. The Kier molecular flexibility index (Phi) is 5.87. The van der Waals surface area contributed by atoms with Crippen molar-refractivity contribution in [1.82, 2.24) is 19.3 Å². The summed E-state index contributed by atoms with van der Waals surface area (Å²) in [7, 11) is 0. The van der Waals surface area contributed by atoms with E-state index in [2.05, 4.69) is 15.3 Å². The summed E-state index contributed by atoms with van der Waals surface area (Å²) in [5.41, 5.74) is 5.37. The molecule has 0 spiro atoms. The highest BCUT2D eigenvalue weighted by molar-refractivity contribution is 6.29. The lowest BCUT2D eigenvalue weighted by molar-refractivity contribution is -0.137. The number of benzene rings is 1. The number of fused-ring (bicyclic) bond motifs is 1. The van der Waals surface area contributed by atoms with Crippen molar-refractivity contribution >= 4 is 34.8 Å². The highest BCUT2D eigenvalue weighted by Crippen LogP contribution is 2.33. The van der Waals surface area contributed by atoms with Gasteiger partial charge in [0.2, 0.25) is 5.78 Å². The van der Waals surface area contributed by atoms with Gasteiger partial charge < -0.3 is 20.7 Å². The fraction of sp³-hybridized carbons (Fsp3) is 0.350. The van der Waals surface area contributed by atoms with Crippen LogP contribution in [0, 0.1) is 0 Å². The third-order valence-electron chi connectivity index (χ3n) is 5.10. The van der Waals surface area contributed by atoms with Gasteiger partial charge in [0.1, 0.15) is 16.7 Å². The third-order valence-corrected chi connectivity index (χ3v) is 5.29. The van der Waals surface area contributed by atoms with Crippen LogP contribution in [0.2, 0.25) is 5.15 Å². The summed E-state index contributed by atoms with van der Waals surface area (Å²) < 4.78 is 46.3. The summed E-state index contributed by atoms with van der Waals surface area (Å²) in [6.07, 6.45) is -3.00. The zero-order valence-electron chi connectivity index (χ0n) is 17.0. The number of anilines is 2. The molecule has 0 aliphatic carbocycles. The Morgan fingerprint density at radius 2 is 1.94 bits per heavy atom. The average Bonchev–Trinajstić information content (AvgIpc) is 3.17. The second-order valence-electron chi connectivity index (χ2n) is 7.42. The van der Waals surface area contributed by atoms with Gasteiger partial charge in [0.05, 0.1) is 18.8 Å². The van der Waals surface area contributed by atoms with E-state index in [9.17, 15) is 18.0 Å².